The van der Waals surface area contributed by atoms with Crippen molar-refractivity contribution in [1.29, 1.82) is 0 Å². The Morgan fingerprint density at radius 2 is 1.95 bits per heavy atom. The summed E-state index contributed by atoms with van der Waals surface area (Å²) in [7, 11) is -3.06. The predicted octanol–water partition coefficient (Wildman–Crippen LogP) is 2.82. The Morgan fingerprint density at radius 3 is 2.53 bits per heavy atom. The van der Waals surface area contributed by atoms with Gasteiger partial charge in [-0.1, -0.05) is 32.0 Å². The van der Waals surface area contributed by atoms with E-state index in [4.69, 9.17) is 9.26 Å². The van der Waals surface area contributed by atoms with Crippen molar-refractivity contribution >= 4 is 13.5 Å². The minimum absolute atomic E-state index is 0.113. The van der Waals surface area contributed by atoms with Crippen LogP contribution in [0.3, 0.4) is 0 Å². The fourth-order valence-corrected chi connectivity index (χ4v) is 2.56. The Labute approximate surface area is 113 Å². The molecule has 0 radical (unpaired) electrons. The molecule has 19 heavy (non-hydrogen) atoms. The summed E-state index contributed by atoms with van der Waals surface area (Å²) < 4.78 is 22.7. The van der Waals surface area contributed by atoms with E-state index in [-0.39, 0.29) is 6.54 Å². The van der Waals surface area contributed by atoms with Crippen LogP contribution in [0.1, 0.15) is 20.3 Å². The molecule has 0 fully saturated rings. The zero-order valence-corrected chi connectivity index (χ0v) is 12.2. The van der Waals surface area contributed by atoms with Crippen LogP contribution >= 0.6 is 7.52 Å². The summed E-state index contributed by atoms with van der Waals surface area (Å²) in [6.45, 7) is 3.92. The predicted molar refractivity (Wildman–Crippen MR) is 74.5 cm³/mol. The summed E-state index contributed by atoms with van der Waals surface area (Å²) in [5, 5.41) is 2.66. The van der Waals surface area contributed by atoms with Crippen molar-refractivity contribution in [3.63, 3.8) is 0 Å². The minimum atomic E-state index is -3.06. The number of hydrogen-bond donors (Lipinski definition) is 1. The third-order valence-corrected chi connectivity index (χ3v) is 4.32. The molecule has 1 aromatic rings. The number of hydrogen-bond acceptors (Lipinski definition) is 4. The molecule has 106 valence electrons. The van der Waals surface area contributed by atoms with Gasteiger partial charge in [0.05, 0.1) is 6.61 Å². The molecular formula is C13H20NO4P. The highest BCUT2D eigenvalue weighted by atomic mass is 31.2. The lowest BCUT2D eigenvalue weighted by Crippen LogP contribution is -2.25. The normalized spacial score (nSPS) is 13.6. The quantitative estimate of drug-likeness (QED) is 0.587. The van der Waals surface area contributed by atoms with Gasteiger partial charge in [-0.3, -0.25) is 9.36 Å². The molecule has 5 nitrogen and oxygen atoms in total. The smallest absolute Gasteiger partial charge is 0.320 e. The molecule has 1 aromatic carbocycles. The molecule has 0 saturated carbocycles. The summed E-state index contributed by atoms with van der Waals surface area (Å²) in [4.78, 5) is 11.4. The van der Waals surface area contributed by atoms with E-state index >= 15 is 0 Å². The van der Waals surface area contributed by atoms with Gasteiger partial charge in [-0.2, -0.15) is 0 Å². The van der Waals surface area contributed by atoms with Crippen molar-refractivity contribution in [2.24, 2.45) is 0 Å². The van der Waals surface area contributed by atoms with E-state index in [1.54, 1.807) is 31.2 Å². The topological polar surface area (TPSA) is 64.6 Å². The molecule has 0 aliphatic carbocycles. The Balaban J connectivity index is 2.51. The Kier molecular flexibility index (Phi) is 6.60. The van der Waals surface area contributed by atoms with Crippen LogP contribution in [0.25, 0.3) is 0 Å². The first-order chi connectivity index (χ1) is 9.09. The fourth-order valence-electron chi connectivity index (χ4n) is 1.31. The molecule has 0 spiro atoms. The van der Waals surface area contributed by atoms with Crippen molar-refractivity contribution in [1.82, 2.24) is 5.09 Å². The average Bonchev–Trinajstić information content (AvgIpc) is 2.44. The van der Waals surface area contributed by atoms with Gasteiger partial charge in [-0.15, -0.1) is 0 Å². The maximum atomic E-state index is 12.4. The second-order valence-electron chi connectivity index (χ2n) is 3.95. The highest BCUT2D eigenvalue weighted by Gasteiger charge is 2.23. The van der Waals surface area contributed by atoms with Crippen LogP contribution in [0, 0.1) is 0 Å². The van der Waals surface area contributed by atoms with Crippen LogP contribution in [0.5, 0.6) is 5.75 Å². The lowest BCUT2D eigenvalue weighted by atomic mass is 10.3. The van der Waals surface area contributed by atoms with Gasteiger partial charge in [0.1, 0.15) is 12.3 Å². The van der Waals surface area contributed by atoms with Crippen LogP contribution in [0.4, 0.5) is 0 Å². The first-order valence-corrected chi connectivity index (χ1v) is 8.15. The van der Waals surface area contributed by atoms with Gasteiger partial charge >= 0.3 is 13.5 Å². The highest BCUT2D eigenvalue weighted by molar-refractivity contribution is 7.57. The maximum absolute atomic E-state index is 12.4. The Hall–Kier alpha value is -1.32. The average molecular weight is 285 g/mol. The van der Waals surface area contributed by atoms with E-state index in [1.807, 2.05) is 13.0 Å². The van der Waals surface area contributed by atoms with E-state index in [9.17, 15) is 9.36 Å². The van der Waals surface area contributed by atoms with Gasteiger partial charge in [0.2, 0.25) is 0 Å². The number of rotatable bonds is 8. The van der Waals surface area contributed by atoms with Crippen molar-refractivity contribution < 1.29 is 18.6 Å². The number of carbonyl (C=O) groups excluding carboxylic acids is 1. The molecule has 1 atom stereocenters. The van der Waals surface area contributed by atoms with E-state index in [1.165, 1.54) is 0 Å². The van der Waals surface area contributed by atoms with Gasteiger partial charge in [0.15, 0.2) is 0 Å². The van der Waals surface area contributed by atoms with Gasteiger partial charge in [0, 0.05) is 6.16 Å². The highest BCUT2D eigenvalue weighted by Crippen LogP contribution is 2.42. The van der Waals surface area contributed by atoms with E-state index in [2.05, 4.69) is 5.09 Å². The largest absolute Gasteiger partial charge is 0.465 e. The maximum Gasteiger partial charge on any atom is 0.320 e. The molecule has 1 rings (SSSR count). The number of benzene rings is 1. The minimum Gasteiger partial charge on any atom is -0.465 e. The van der Waals surface area contributed by atoms with E-state index < -0.39 is 13.5 Å². The van der Waals surface area contributed by atoms with E-state index in [0.717, 1.165) is 6.42 Å². The molecule has 1 N–H and O–H groups in total. The van der Waals surface area contributed by atoms with Gasteiger partial charge < -0.3 is 9.26 Å². The third-order valence-electron chi connectivity index (χ3n) is 2.34. The van der Waals surface area contributed by atoms with Gasteiger partial charge in [-0.25, -0.2) is 5.09 Å². The van der Waals surface area contributed by atoms with Crippen LogP contribution in [0.15, 0.2) is 30.3 Å². The van der Waals surface area contributed by atoms with Crippen molar-refractivity contribution in [3.8, 4) is 5.75 Å². The first kappa shape index (κ1) is 15.7. The van der Waals surface area contributed by atoms with Crippen LogP contribution in [-0.4, -0.2) is 25.3 Å². The molecule has 0 bridgehead atoms. The molecule has 1 unspecified atom stereocenters. The number of para-hydroxylation sites is 1. The van der Waals surface area contributed by atoms with Crippen molar-refractivity contribution in [3.05, 3.63) is 30.3 Å². The van der Waals surface area contributed by atoms with Gasteiger partial charge in [-0.05, 0) is 18.6 Å². The summed E-state index contributed by atoms with van der Waals surface area (Å²) >= 11 is 0. The van der Waals surface area contributed by atoms with Crippen LogP contribution in [0.2, 0.25) is 0 Å². The Morgan fingerprint density at radius 1 is 1.26 bits per heavy atom. The van der Waals surface area contributed by atoms with E-state index in [0.29, 0.717) is 18.5 Å². The summed E-state index contributed by atoms with van der Waals surface area (Å²) in [6.07, 6.45) is 1.06. The molecular weight excluding hydrogens is 265 g/mol. The summed E-state index contributed by atoms with van der Waals surface area (Å²) in [6, 6.07) is 8.88. The van der Waals surface area contributed by atoms with Crippen molar-refractivity contribution in [2.45, 2.75) is 20.3 Å². The van der Waals surface area contributed by atoms with Gasteiger partial charge in [0.25, 0.3) is 0 Å². The lowest BCUT2D eigenvalue weighted by Gasteiger charge is -2.18. The molecule has 0 saturated heterocycles. The molecule has 6 heteroatoms. The molecule has 0 heterocycles. The zero-order chi connectivity index (χ0) is 14.1. The molecule has 0 aliphatic heterocycles. The van der Waals surface area contributed by atoms with Crippen molar-refractivity contribution in [2.75, 3.05) is 19.3 Å². The first-order valence-electron chi connectivity index (χ1n) is 6.34. The SMILES string of the molecule is CCCOC(=O)CNP(=O)(CC)Oc1ccccc1. The number of esters is 1. The lowest BCUT2D eigenvalue weighted by molar-refractivity contribution is -0.142. The summed E-state index contributed by atoms with van der Waals surface area (Å²) in [5.74, 6) is 0.0919. The fraction of sp³-hybridized carbons (Fsp3) is 0.462. The second-order valence-corrected chi connectivity index (χ2v) is 6.43. The third kappa shape index (κ3) is 5.90. The molecule has 0 aliphatic rings. The standard InChI is InChI=1S/C13H20NO4P/c1-3-10-17-13(15)11-14-19(16,4-2)18-12-8-6-5-7-9-12/h5-9H,3-4,10-11H2,1-2H3,(H,14,16). The second kappa shape index (κ2) is 7.97. The zero-order valence-electron chi connectivity index (χ0n) is 11.3. The monoisotopic (exact) mass is 285 g/mol. The molecule has 0 amide bonds. The number of ether oxygens (including phenoxy) is 1. The number of carbonyl (C=O) groups is 1. The summed E-state index contributed by atoms with van der Waals surface area (Å²) in [5.41, 5.74) is 0. The van der Waals surface area contributed by atoms with Crippen LogP contribution < -0.4 is 9.61 Å². The Bertz CT molecular complexity index is 436. The molecule has 0 aromatic heterocycles. The van der Waals surface area contributed by atoms with Crippen LogP contribution in [-0.2, 0) is 14.1 Å². The number of nitrogens with one attached hydrogen (secondary N) is 1.